The van der Waals surface area contributed by atoms with Gasteiger partial charge in [-0.25, -0.2) is 0 Å². The van der Waals surface area contributed by atoms with E-state index >= 15 is 0 Å². The van der Waals surface area contributed by atoms with Crippen LogP contribution in [-0.2, 0) is 9.26 Å². The maximum absolute atomic E-state index is 9.54. The van der Waals surface area contributed by atoms with Crippen LogP contribution < -0.4 is 0 Å². The van der Waals surface area contributed by atoms with Crippen LogP contribution in [-0.4, -0.2) is 14.8 Å². The van der Waals surface area contributed by atoms with Crippen LogP contribution in [0, 0.1) is 0 Å². The van der Waals surface area contributed by atoms with E-state index in [4.69, 9.17) is 0 Å². The second-order valence-electron chi connectivity index (χ2n) is 0.729. The lowest BCUT2D eigenvalue weighted by Gasteiger charge is -1.55. The summed E-state index contributed by atoms with van der Waals surface area (Å²) in [5.74, 6) is 0. The van der Waals surface area contributed by atoms with E-state index < -0.39 is 9.41 Å². The molecule has 0 amide bonds. The van der Waals surface area contributed by atoms with Gasteiger partial charge < -0.3 is 4.46 Å². The minimum atomic E-state index is -1.16. The van der Waals surface area contributed by atoms with E-state index in [1.54, 1.807) is 0 Å². The maximum Gasteiger partial charge on any atom is 0.334 e. The van der Waals surface area contributed by atoms with Gasteiger partial charge in [0.1, 0.15) is 0 Å². The van der Waals surface area contributed by atoms with Gasteiger partial charge in [-0.05, 0) is 6.92 Å². The van der Waals surface area contributed by atoms with E-state index in [-0.39, 0.29) is 5.41 Å². The Morgan fingerprint density at radius 2 is 2.00 bits per heavy atom. The molecule has 0 aromatic heterocycles. The average molecular weight is 88.1 g/mol. The number of rotatable bonds is 1. The molecule has 0 aromatic carbocycles. The van der Waals surface area contributed by atoms with Crippen molar-refractivity contribution in [3.63, 3.8) is 0 Å². The Labute approximate surface area is 32.1 Å². The molecule has 3 heteroatoms. The third kappa shape index (κ3) is 3.69. The van der Waals surface area contributed by atoms with Gasteiger partial charge in [0, 0.05) is 0 Å². The predicted molar refractivity (Wildman–Crippen MR) is 18.5 cm³/mol. The van der Waals surface area contributed by atoms with Crippen LogP contribution in [0.4, 0.5) is 0 Å². The van der Waals surface area contributed by atoms with E-state index in [0.29, 0.717) is 0 Å². The Morgan fingerprint density at radius 1 is 1.80 bits per heavy atom. The van der Waals surface area contributed by atoms with Gasteiger partial charge in [-0.3, -0.25) is 4.79 Å². The Hall–Kier alpha value is -0.313. The molecular weight excluding hydrogens is 84.1 g/mol. The highest BCUT2D eigenvalue weighted by molar-refractivity contribution is 6.61. The molecular formula is C2H4O2Si. The first-order valence-electron chi connectivity index (χ1n) is 1.23. The summed E-state index contributed by atoms with van der Waals surface area (Å²) in [6, 6.07) is 0. The first-order valence-corrected chi connectivity index (χ1v) is 2.28. The van der Waals surface area contributed by atoms with Crippen LogP contribution in [0.15, 0.2) is 0 Å². The smallest absolute Gasteiger partial charge is 0.334 e. The first-order chi connectivity index (χ1) is 2.27. The minimum Gasteiger partial charge on any atom is -0.383 e. The lowest BCUT2D eigenvalue weighted by molar-refractivity contribution is -0.110. The molecule has 0 atom stereocenters. The molecule has 0 bridgehead atoms. The molecule has 2 nitrogen and oxygen atoms in total. The summed E-state index contributed by atoms with van der Waals surface area (Å²) in [6.45, 7) is 1.31. The Morgan fingerprint density at radius 3 is 2.00 bits per heavy atom. The van der Waals surface area contributed by atoms with Crippen molar-refractivity contribution in [2.45, 2.75) is 6.92 Å². The van der Waals surface area contributed by atoms with Gasteiger partial charge in [-0.1, -0.05) is 0 Å². The largest absolute Gasteiger partial charge is 0.383 e. The Kier molecular flexibility index (Phi) is 1.84. The lowest BCUT2D eigenvalue weighted by atomic mass is 10.9. The van der Waals surface area contributed by atoms with Crippen LogP contribution in [0.5, 0.6) is 0 Å². The molecule has 0 fully saturated rings. The second-order valence-corrected chi connectivity index (χ2v) is 1.78. The highest BCUT2D eigenvalue weighted by Gasteiger charge is 1.79. The van der Waals surface area contributed by atoms with Crippen molar-refractivity contribution in [2.24, 2.45) is 0 Å². The van der Waals surface area contributed by atoms with Gasteiger partial charge in [0.15, 0.2) is 5.41 Å². The van der Waals surface area contributed by atoms with E-state index in [1.165, 1.54) is 6.92 Å². The van der Waals surface area contributed by atoms with Gasteiger partial charge in [0.2, 0.25) is 0 Å². The molecule has 0 aliphatic heterocycles. The summed E-state index contributed by atoms with van der Waals surface area (Å²) >= 11 is 0. The van der Waals surface area contributed by atoms with Crippen molar-refractivity contribution in [3.05, 3.63) is 0 Å². The van der Waals surface area contributed by atoms with Crippen molar-refractivity contribution < 1.29 is 9.26 Å². The molecule has 0 spiro atoms. The maximum atomic E-state index is 9.54. The molecule has 28 valence electrons. The number of hydrogen-bond donors (Lipinski definition) is 0. The molecule has 0 aliphatic rings. The van der Waals surface area contributed by atoms with Gasteiger partial charge in [0.25, 0.3) is 0 Å². The Bertz CT molecular complexity index is 58.7. The topological polar surface area (TPSA) is 34.1 Å². The fourth-order valence-electron chi connectivity index (χ4n) is 0. The zero-order chi connectivity index (χ0) is 4.28. The molecule has 0 heterocycles. The summed E-state index contributed by atoms with van der Waals surface area (Å²) in [7, 11) is -1.16. The van der Waals surface area contributed by atoms with E-state index in [2.05, 4.69) is 0 Å². The van der Waals surface area contributed by atoms with Crippen LogP contribution in [0.1, 0.15) is 6.92 Å². The highest BCUT2D eigenvalue weighted by atomic mass is 28.2. The number of carbonyl (C=O) groups is 1. The minimum absolute atomic E-state index is 0.218. The van der Waals surface area contributed by atoms with E-state index in [0.717, 1.165) is 0 Å². The monoisotopic (exact) mass is 88.0 g/mol. The molecule has 0 rings (SSSR count). The second kappa shape index (κ2) is 1.96. The van der Waals surface area contributed by atoms with Crippen molar-refractivity contribution in [2.75, 3.05) is 0 Å². The number of hydrogen-bond acceptors (Lipinski definition) is 2. The van der Waals surface area contributed by atoms with Crippen molar-refractivity contribution >= 4 is 14.8 Å². The van der Waals surface area contributed by atoms with Gasteiger partial charge in [-0.2, -0.15) is 0 Å². The van der Waals surface area contributed by atoms with Crippen LogP contribution in [0.2, 0.25) is 0 Å². The molecule has 0 saturated carbocycles. The Balaban J connectivity index is 3.20. The molecule has 0 radical (unpaired) electrons. The van der Waals surface area contributed by atoms with Crippen LogP contribution in [0.25, 0.3) is 0 Å². The predicted octanol–water partition coefficient (Wildman–Crippen LogP) is -0.685. The third-order valence-electron chi connectivity index (χ3n) is 0.166. The standard InChI is InChI=1S/C2H4O2Si/c1-2(3)5-4/h5H,1H3. The summed E-state index contributed by atoms with van der Waals surface area (Å²) in [5, 5.41) is -0.218. The average Bonchev–Trinajstić information content (AvgIpc) is 1.38. The highest BCUT2D eigenvalue weighted by Crippen LogP contribution is 1.46. The van der Waals surface area contributed by atoms with Crippen molar-refractivity contribution in [3.8, 4) is 0 Å². The zero-order valence-corrected chi connectivity index (χ0v) is 4.05. The van der Waals surface area contributed by atoms with Gasteiger partial charge in [-0.15, -0.1) is 0 Å². The summed E-state index contributed by atoms with van der Waals surface area (Å²) in [5.41, 5.74) is 0. The zero-order valence-electron chi connectivity index (χ0n) is 2.89. The molecule has 0 unspecified atom stereocenters. The molecule has 0 aliphatic carbocycles. The summed E-state index contributed by atoms with van der Waals surface area (Å²) in [6.07, 6.45) is 0. The summed E-state index contributed by atoms with van der Waals surface area (Å²) in [4.78, 5) is 9.54. The molecule has 0 N–H and O–H groups in total. The third-order valence-corrected chi connectivity index (χ3v) is 0.498. The number of carbonyl (C=O) groups excluding carboxylic acids is 1. The summed E-state index contributed by atoms with van der Waals surface area (Å²) < 4.78 is 9.36. The van der Waals surface area contributed by atoms with E-state index in [1.807, 2.05) is 0 Å². The van der Waals surface area contributed by atoms with Crippen molar-refractivity contribution in [1.82, 2.24) is 0 Å². The van der Waals surface area contributed by atoms with Crippen LogP contribution in [0.3, 0.4) is 0 Å². The van der Waals surface area contributed by atoms with E-state index in [9.17, 15) is 9.26 Å². The normalized spacial score (nSPS) is 6.60. The molecule has 0 saturated heterocycles. The van der Waals surface area contributed by atoms with Gasteiger partial charge in [0.05, 0.1) is 0 Å². The SMILES string of the molecule is CC(=O)[SiH]=O. The first kappa shape index (κ1) is 4.69. The fraction of sp³-hybridized carbons (Fsp3) is 0.500. The van der Waals surface area contributed by atoms with Crippen molar-refractivity contribution in [1.29, 1.82) is 0 Å². The fourth-order valence-corrected chi connectivity index (χ4v) is 0. The molecule has 5 heavy (non-hydrogen) atoms. The van der Waals surface area contributed by atoms with Crippen LogP contribution >= 0.6 is 0 Å². The quantitative estimate of drug-likeness (QED) is 0.398. The van der Waals surface area contributed by atoms with Gasteiger partial charge >= 0.3 is 9.41 Å². The lowest BCUT2D eigenvalue weighted by Crippen LogP contribution is -1.88. The molecule has 0 aromatic rings.